The lowest BCUT2D eigenvalue weighted by molar-refractivity contribution is 0.115. The highest BCUT2D eigenvalue weighted by molar-refractivity contribution is 5.94. The summed E-state index contributed by atoms with van der Waals surface area (Å²) in [4.78, 5) is 0. The van der Waals surface area contributed by atoms with Crippen LogP contribution in [0.15, 0.2) is 24.3 Å². The minimum atomic E-state index is 0.106. The Morgan fingerprint density at radius 3 is 2.47 bits per heavy atom. The van der Waals surface area contributed by atoms with E-state index in [-0.39, 0.29) is 5.84 Å². The molecular formula is C14H22N2O. The van der Waals surface area contributed by atoms with Crippen LogP contribution in [0.2, 0.25) is 0 Å². The van der Waals surface area contributed by atoms with Crippen LogP contribution < -0.4 is 5.73 Å². The Hall–Kier alpha value is -1.35. The number of nitrogens with one attached hydrogen (secondary N) is 1. The smallest absolute Gasteiger partial charge is 0.122 e. The summed E-state index contributed by atoms with van der Waals surface area (Å²) in [5.41, 5.74) is 7.27. The van der Waals surface area contributed by atoms with Gasteiger partial charge in [-0.15, -0.1) is 0 Å². The molecule has 0 heterocycles. The van der Waals surface area contributed by atoms with E-state index in [2.05, 4.69) is 13.8 Å². The summed E-state index contributed by atoms with van der Waals surface area (Å²) in [7, 11) is 0. The zero-order valence-corrected chi connectivity index (χ0v) is 10.7. The predicted molar refractivity (Wildman–Crippen MR) is 71.2 cm³/mol. The maximum atomic E-state index is 7.29. The molecule has 17 heavy (non-hydrogen) atoms. The summed E-state index contributed by atoms with van der Waals surface area (Å²) in [6.07, 6.45) is 2.33. The van der Waals surface area contributed by atoms with Gasteiger partial charge < -0.3 is 10.5 Å². The van der Waals surface area contributed by atoms with Crippen molar-refractivity contribution in [1.82, 2.24) is 0 Å². The molecule has 3 nitrogen and oxygen atoms in total. The van der Waals surface area contributed by atoms with Gasteiger partial charge in [-0.3, -0.25) is 5.41 Å². The molecule has 3 N–H and O–H groups in total. The molecule has 1 aromatic rings. The zero-order chi connectivity index (χ0) is 12.7. The summed E-state index contributed by atoms with van der Waals surface area (Å²) in [6, 6.07) is 7.63. The van der Waals surface area contributed by atoms with Gasteiger partial charge in [0.2, 0.25) is 0 Å². The van der Waals surface area contributed by atoms with Crippen LogP contribution in [0.4, 0.5) is 0 Å². The highest BCUT2D eigenvalue weighted by Gasteiger charge is 1.98. The van der Waals surface area contributed by atoms with Gasteiger partial charge in [0.05, 0.1) is 6.61 Å². The van der Waals surface area contributed by atoms with Gasteiger partial charge in [0, 0.05) is 12.2 Å². The number of hydrogen-bond donors (Lipinski definition) is 2. The number of nitrogen functional groups attached to an aromatic ring is 1. The Balaban J connectivity index is 2.25. The lowest BCUT2D eigenvalue weighted by atomic mass is 10.1. The van der Waals surface area contributed by atoms with Crippen molar-refractivity contribution in [3.8, 4) is 0 Å². The van der Waals surface area contributed by atoms with Crippen molar-refractivity contribution >= 4 is 5.84 Å². The molecule has 0 unspecified atom stereocenters. The molecule has 0 aliphatic rings. The molecule has 0 aliphatic carbocycles. The molecule has 0 aromatic heterocycles. The summed E-state index contributed by atoms with van der Waals surface area (Å²) in [5.74, 6) is 0.850. The Labute approximate surface area is 103 Å². The first-order valence-corrected chi connectivity index (χ1v) is 6.10. The predicted octanol–water partition coefficient (Wildman–Crippen LogP) is 2.92. The van der Waals surface area contributed by atoms with Crippen LogP contribution in [0.1, 0.15) is 37.8 Å². The largest absolute Gasteiger partial charge is 0.384 e. The normalized spacial score (nSPS) is 10.8. The third-order valence-corrected chi connectivity index (χ3v) is 2.60. The Kier molecular flexibility index (Phi) is 5.70. The van der Waals surface area contributed by atoms with E-state index < -0.39 is 0 Å². The Morgan fingerprint density at radius 1 is 1.29 bits per heavy atom. The van der Waals surface area contributed by atoms with E-state index in [1.165, 1.54) is 6.42 Å². The van der Waals surface area contributed by atoms with E-state index in [4.69, 9.17) is 15.9 Å². The van der Waals surface area contributed by atoms with Gasteiger partial charge in [-0.25, -0.2) is 0 Å². The quantitative estimate of drug-likeness (QED) is 0.433. The maximum absolute atomic E-state index is 7.29. The van der Waals surface area contributed by atoms with Crippen molar-refractivity contribution in [1.29, 1.82) is 5.41 Å². The van der Waals surface area contributed by atoms with Crippen molar-refractivity contribution in [3.63, 3.8) is 0 Å². The van der Waals surface area contributed by atoms with Crippen LogP contribution in [0.3, 0.4) is 0 Å². The molecule has 0 saturated carbocycles. The first-order chi connectivity index (χ1) is 8.09. The van der Waals surface area contributed by atoms with Crippen molar-refractivity contribution in [2.45, 2.75) is 33.3 Å². The average Bonchev–Trinajstić information content (AvgIpc) is 2.29. The standard InChI is InChI=1S/C14H22N2O/c1-11(2)4-3-9-17-10-12-5-7-13(8-6-12)14(15)16/h5-8,11H,3-4,9-10H2,1-2H3,(H3,15,16). The molecule has 0 amide bonds. The van der Waals surface area contributed by atoms with Gasteiger partial charge in [0.1, 0.15) is 5.84 Å². The number of amidine groups is 1. The molecule has 0 aliphatic heterocycles. The van der Waals surface area contributed by atoms with Crippen LogP contribution >= 0.6 is 0 Å². The highest BCUT2D eigenvalue weighted by Crippen LogP contribution is 2.07. The summed E-state index contributed by atoms with van der Waals surface area (Å²) in [5, 5.41) is 7.29. The highest BCUT2D eigenvalue weighted by atomic mass is 16.5. The summed E-state index contributed by atoms with van der Waals surface area (Å²) in [6.45, 7) is 5.89. The third-order valence-electron chi connectivity index (χ3n) is 2.60. The number of hydrogen-bond acceptors (Lipinski definition) is 2. The molecular weight excluding hydrogens is 212 g/mol. The van der Waals surface area contributed by atoms with Crippen LogP contribution in [-0.2, 0) is 11.3 Å². The second-order valence-electron chi connectivity index (χ2n) is 4.70. The average molecular weight is 234 g/mol. The lowest BCUT2D eigenvalue weighted by Crippen LogP contribution is -2.10. The van der Waals surface area contributed by atoms with Gasteiger partial charge in [-0.05, 0) is 24.3 Å². The number of nitrogens with two attached hydrogens (primary N) is 1. The van der Waals surface area contributed by atoms with E-state index in [1.807, 2.05) is 24.3 Å². The van der Waals surface area contributed by atoms with Gasteiger partial charge in [0.25, 0.3) is 0 Å². The number of ether oxygens (including phenoxy) is 1. The van der Waals surface area contributed by atoms with Gasteiger partial charge >= 0.3 is 0 Å². The lowest BCUT2D eigenvalue weighted by Gasteiger charge is -2.06. The Morgan fingerprint density at radius 2 is 1.94 bits per heavy atom. The van der Waals surface area contributed by atoms with Crippen LogP contribution in [0.5, 0.6) is 0 Å². The zero-order valence-electron chi connectivity index (χ0n) is 10.7. The van der Waals surface area contributed by atoms with Crippen LogP contribution in [-0.4, -0.2) is 12.4 Å². The van der Waals surface area contributed by atoms with Crippen LogP contribution in [0, 0.1) is 11.3 Å². The van der Waals surface area contributed by atoms with Gasteiger partial charge in [0.15, 0.2) is 0 Å². The number of benzene rings is 1. The fraction of sp³-hybridized carbons (Fsp3) is 0.500. The molecule has 94 valence electrons. The molecule has 0 radical (unpaired) electrons. The molecule has 0 fully saturated rings. The second-order valence-corrected chi connectivity index (χ2v) is 4.70. The van der Waals surface area contributed by atoms with E-state index in [0.29, 0.717) is 6.61 Å². The van der Waals surface area contributed by atoms with E-state index >= 15 is 0 Å². The topological polar surface area (TPSA) is 59.1 Å². The summed E-state index contributed by atoms with van der Waals surface area (Å²) < 4.78 is 5.59. The monoisotopic (exact) mass is 234 g/mol. The second kappa shape index (κ2) is 7.07. The SMILES string of the molecule is CC(C)CCCOCc1ccc(C(=N)N)cc1. The van der Waals surface area contributed by atoms with E-state index in [0.717, 1.165) is 30.1 Å². The maximum Gasteiger partial charge on any atom is 0.122 e. The molecule has 0 atom stereocenters. The van der Waals surface area contributed by atoms with Crippen molar-refractivity contribution < 1.29 is 4.74 Å². The number of rotatable bonds is 7. The first-order valence-electron chi connectivity index (χ1n) is 6.10. The molecule has 0 saturated heterocycles. The Bertz CT molecular complexity index is 344. The molecule has 3 heteroatoms. The van der Waals surface area contributed by atoms with Gasteiger partial charge in [-0.2, -0.15) is 0 Å². The van der Waals surface area contributed by atoms with Gasteiger partial charge in [-0.1, -0.05) is 38.1 Å². The fourth-order valence-electron chi connectivity index (χ4n) is 1.56. The van der Waals surface area contributed by atoms with E-state index in [9.17, 15) is 0 Å². The molecule has 0 bridgehead atoms. The molecule has 0 spiro atoms. The van der Waals surface area contributed by atoms with Crippen LogP contribution in [0.25, 0.3) is 0 Å². The minimum absolute atomic E-state index is 0.106. The van der Waals surface area contributed by atoms with Crippen molar-refractivity contribution in [2.24, 2.45) is 11.7 Å². The first kappa shape index (κ1) is 13.7. The molecule has 1 rings (SSSR count). The fourth-order valence-corrected chi connectivity index (χ4v) is 1.56. The van der Waals surface area contributed by atoms with Crippen molar-refractivity contribution in [3.05, 3.63) is 35.4 Å². The molecule has 1 aromatic carbocycles. The summed E-state index contributed by atoms with van der Waals surface area (Å²) >= 11 is 0. The third kappa shape index (κ3) is 5.50. The van der Waals surface area contributed by atoms with Crippen molar-refractivity contribution in [2.75, 3.05) is 6.61 Å². The minimum Gasteiger partial charge on any atom is -0.384 e. The van der Waals surface area contributed by atoms with E-state index in [1.54, 1.807) is 0 Å².